The summed E-state index contributed by atoms with van der Waals surface area (Å²) in [5.41, 5.74) is 2.83. The van der Waals surface area contributed by atoms with E-state index in [0.717, 1.165) is 52.9 Å². The van der Waals surface area contributed by atoms with Crippen LogP contribution in [0, 0.1) is 24.5 Å². The fraction of sp³-hybridized carbons (Fsp3) is 0.300. The van der Waals surface area contributed by atoms with Gasteiger partial charge in [0.15, 0.2) is 0 Å². The highest BCUT2D eigenvalue weighted by Gasteiger charge is 2.27. The number of rotatable bonds is 7. The molecule has 39 heavy (non-hydrogen) atoms. The summed E-state index contributed by atoms with van der Waals surface area (Å²) in [5, 5.41) is 6.94. The van der Waals surface area contributed by atoms with E-state index in [4.69, 9.17) is 21.6 Å². The van der Waals surface area contributed by atoms with Gasteiger partial charge in [-0.05, 0) is 68.5 Å². The number of benzene rings is 3. The zero-order chi connectivity index (χ0) is 27.5. The van der Waals surface area contributed by atoms with Crippen LogP contribution in [-0.4, -0.2) is 29.0 Å². The van der Waals surface area contributed by atoms with Crippen molar-refractivity contribution in [1.82, 2.24) is 15.3 Å². The second-order valence-electron chi connectivity index (χ2n) is 9.97. The first-order valence-electron chi connectivity index (χ1n) is 13.0. The number of fused-ring (bicyclic) bond motifs is 1. The van der Waals surface area contributed by atoms with Crippen LogP contribution in [0.5, 0.6) is 0 Å². The monoisotopic (exact) mass is 549 g/mol. The normalized spacial score (nSPS) is 17.2. The minimum atomic E-state index is -0.840. The lowest BCUT2D eigenvalue weighted by Gasteiger charge is -2.29. The van der Waals surface area contributed by atoms with Gasteiger partial charge in [0.1, 0.15) is 17.5 Å². The van der Waals surface area contributed by atoms with Crippen LogP contribution in [0.2, 0.25) is 5.02 Å². The Morgan fingerprint density at radius 3 is 2.49 bits per heavy atom. The Morgan fingerprint density at radius 1 is 1.00 bits per heavy atom. The quantitative estimate of drug-likeness (QED) is 0.245. The van der Waals surface area contributed by atoms with Gasteiger partial charge in [-0.3, -0.25) is 4.79 Å². The number of hydrogen-bond acceptors (Lipinski definition) is 5. The summed E-state index contributed by atoms with van der Waals surface area (Å²) < 4.78 is 28.2. The van der Waals surface area contributed by atoms with Crippen LogP contribution < -0.4 is 15.5 Å². The fourth-order valence-electron chi connectivity index (χ4n) is 5.17. The van der Waals surface area contributed by atoms with Gasteiger partial charge in [-0.2, -0.15) is 4.98 Å². The van der Waals surface area contributed by atoms with Gasteiger partial charge in [0.25, 0.3) is 0 Å². The van der Waals surface area contributed by atoms with Crippen molar-refractivity contribution in [2.45, 2.75) is 45.2 Å². The number of carbonyl (C=O) groups is 1. The predicted octanol–water partition coefficient (Wildman–Crippen LogP) is 6.92. The third-order valence-corrected chi connectivity index (χ3v) is 7.68. The summed E-state index contributed by atoms with van der Waals surface area (Å²) in [4.78, 5) is 24.5. The van der Waals surface area contributed by atoms with Gasteiger partial charge < -0.3 is 15.5 Å². The van der Waals surface area contributed by atoms with Gasteiger partial charge >= 0.3 is 0 Å². The standard InChI is InChI=1S/C30H30ClF2N5O/c1-18-7-3-6-10-26(18)38(2)28-21-8-4-5-9-25(21)36-30(37-28)35-20-13-11-19(12-14-20)29(39)34-17-22-24(32)16-15-23(31)27(22)33/h3-10,15-16,19-20H,11-14,17H2,1-2H3,(H,34,39)(H,35,36,37). The lowest BCUT2D eigenvalue weighted by Crippen LogP contribution is -2.36. The van der Waals surface area contributed by atoms with Crippen molar-refractivity contribution < 1.29 is 13.6 Å². The Morgan fingerprint density at radius 2 is 1.72 bits per heavy atom. The molecular weight excluding hydrogens is 520 g/mol. The van der Waals surface area contributed by atoms with Gasteiger partial charge in [-0.15, -0.1) is 0 Å². The molecule has 1 aliphatic rings. The van der Waals surface area contributed by atoms with Crippen LogP contribution in [-0.2, 0) is 11.3 Å². The van der Waals surface area contributed by atoms with Crippen molar-refractivity contribution in [3.8, 4) is 0 Å². The number of aryl methyl sites for hydroxylation is 1. The van der Waals surface area contributed by atoms with Crippen LogP contribution >= 0.6 is 11.6 Å². The van der Waals surface area contributed by atoms with E-state index in [1.165, 1.54) is 0 Å². The number of aromatic nitrogens is 2. The second kappa shape index (κ2) is 11.5. The smallest absolute Gasteiger partial charge is 0.225 e. The summed E-state index contributed by atoms with van der Waals surface area (Å²) in [6.45, 7) is 1.84. The summed E-state index contributed by atoms with van der Waals surface area (Å²) in [6.07, 6.45) is 2.79. The van der Waals surface area contributed by atoms with Crippen LogP contribution in [0.1, 0.15) is 36.8 Å². The highest BCUT2D eigenvalue weighted by atomic mass is 35.5. The van der Waals surface area contributed by atoms with Crippen molar-refractivity contribution in [1.29, 1.82) is 0 Å². The number of hydrogen-bond donors (Lipinski definition) is 2. The van der Waals surface area contributed by atoms with Crippen molar-refractivity contribution >= 4 is 45.9 Å². The number of nitrogens with zero attached hydrogens (tertiary/aromatic N) is 3. The van der Waals surface area contributed by atoms with Crippen LogP contribution in [0.4, 0.5) is 26.2 Å². The molecule has 0 unspecified atom stereocenters. The van der Waals surface area contributed by atoms with E-state index >= 15 is 0 Å². The van der Waals surface area contributed by atoms with E-state index in [1.807, 2.05) is 43.4 Å². The minimum Gasteiger partial charge on any atom is -0.352 e. The van der Waals surface area contributed by atoms with E-state index in [9.17, 15) is 13.6 Å². The summed E-state index contributed by atoms with van der Waals surface area (Å²) in [6, 6.07) is 18.5. The maximum Gasteiger partial charge on any atom is 0.225 e. The van der Waals surface area contributed by atoms with Gasteiger partial charge in [0.05, 0.1) is 10.5 Å². The van der Waals surface area contributed by atoms with Gasteiger partial charge in [-0.1, -0.05) is 41.9 Å². The lowest BCUT2D eigenvalue weighted by atomic mass is 9.85. The summed E-state index contributed by atoms with van der Waals surface area (Å²) in [7, 11) is 2.01. The Labute approximate surface area is 231 Å². The van der Waals surface area contributed by atoms with E-state index < -0.39 is 11.6 Å². The average molecular weight is 550 g/mol. The molecule has 0 aliphatic heterocycles. The van der Waals surface area contributed by atoms with Crippen LogP contribution in [0.15, 0.2) is 60.7 Å². The number of amides is 1. The molecular formula is C30H30ClF2N5O. The average Bonchev–Trinajstić information content (AvgIpc) is 2.95. The second-order valence-corrected chi connectivity index (χ2v) is 10.4. The molecule has 3 aromatic carbocycles. The highest BCUT2D eigenvalue weighted by Crippen LogP contribution is 2.33. The maximum atomic E-state index is 14.2. The molecule has 0 spiro atoms. The van der Waals surface area contributed by atoms with Gasteiger partial charge in [0, 0.05) is 42.2 Å². The molecule has 2 N–H and O–H groups in total. The zero-order valence-electron chi connectivity index (χ0n) is 21.8. The van der Waals surface area contributed by atoms with Crippen LogP contribution in [0.3, 0.4) is 0 Å². The van der Waals surface area contributed by atoms with E-state index in [-0.39, 0.29) is 35.0 Å². The third kappa shape index (κ3) is 5.81. The molecule has 1 fully saturated rings. The molecule has 1 saturated carbocycles. The van der Waals surface area contributed by atoms with Crippen molar-refractivity contribution in [3.63, 3.8) is 0 Å². The molecule has 0 saturated heterocycles. The summed E-state index contributed by atoms with van der Waals surface area (Å²) >= 11 is 5.76. The topological polar surface area (TPSA) is 70.2 Å². The largest absolute Gasteiger partial charge is 0.352 e. The van der Waals surface area contributed by atoms with Crippen molar-refractivity contribution in [2.24, 2.45) is 5.92 Å². The highest BCUT2D eigenvalue weighted by molar-refractivity contribution is 6.30. The predicted molar refractivity (Wildman–Crippen MR) is 151 cm³/mol. The van der Waals surface area contributed by atoms with E-state index in [2.05, 4.69) is 34.6 Å². The van der Waals surface area contributed by atoms with E-state index in [1.54, 1.807) is 0 Å². The van der Waals surface area contributed by atoms with Crippen LogP contribution in [0.25, 0.3) is 10.9 Å². The molecule has 9 heteroatoms. The number of anilines is 3. The van der Waals surface area contributed by atoms with E-state index in [0.29, 0.717) is 18.8 Å². The Bertz CT molecular complexity index is 1510. The molecule has 1 heterocycles. The third-order valence-electron chi connectivity index (χ3n) is 7.39. The maximum absolute atomic E-state index is 14.2. The Balaban J connectivity index is 1.25. The Hall–Kier alpha value is -3.78. The fourth-order valence-corrected chi connectivity index (χ4v) is 5.34. The molecule has 1 aromatic heterocycles. The van der Waals surface area contributed by atoms with Crippen molar-refractivity contribution in [2.75, 3.05) is 17.3 Å². The molecule has 0 bridgehead atoms. The molecule has 6 nitrogen and oxygen atoms in total. The molecule has 0 atom stereocenters. The molecule has 0 radical (unpaired) electrons. The first kappa shape index (κ1) is 26.8. The number of nitrogens with one attached hydrogen (secondary N) is 2. The Kier molecular flexibility index (Phi) is 7.93. The molecule has 202 valence electrons. The van der Waals surface area contributed by atoms with Crippen molar-refractivity contribution in [3.05, 3.63) is 88.4 Å². The minimum absolute atomic E-state index is 0.106. The molecule has 1 amide bonds. The zero-order valence-corrected chi connectivity index (χ0v) is 22.6. The summed E-state index contributed by atoms with van der Waals surface area (Å²) in [5.74, 6) is -0.652. The molecule has 1 aliphatic carbocycles. The van der Waals surface area contributed by atoms with Gasteiger partial charge in [0.2, 0.25) is 11.9 Å². The number of para-hydroxylation sites is 2. The number of carbonyl (C=O) groups excluding carboxylic acids is 1. The first-order valence-corrected chi connectivity index (χ1v) is 13.4. The first-order chi connectivity index (χ1) is 18.8. The molecule has 4 aromatic rings. The number of halogens is 3. The SMILES string of the molecule is Cc1ccccc1N(C)c1nc(NC2CCC(C(=O)NCc3c(F)ccc(Cl)c3F)CC2)nc2ccccc12. The molecule has 5 rings (SSSR count). The van der Waals surface area contributed by atoms with Gasteiger partial charge in [-0.25, -0.2) is 13.8 Å². The lowest BCUT2D eigenvalue weighted by molar-refractivity contribution is -0.126.